The Bertz CT molecular complexity index is 622. The van der Waals surface area contributed by atoms with Crippen LogP contribution in [0, 0.1) is 5.82 Å². The molecule has 1 rings (SSSR count). The van der Waals surface area contributed by atoms with Crippen molar-refractivity contribution in [2.75, 3.05) is 18.9 Å². The largest absolute Gasteiger partial charge is 0.466 e. The molecule has 0 aliphatic carbocycles. The molecule has 0 aliphatic rings. The molecule has 0 radical (unpaired) electrons. The lowest BCUT2D eigenvalue weighted by Crippen LogP contribution is -2.26. The SMILES string of the molecule is CCOC(=O)CCCNS(=O)(=O)c1cc(Cl)cc(N)c1F. The highest BCUT2D eigenvalue weighted by Gasteiger charge is 2.21. The zero-order valence-corrected chi connectivity index (χ0v) is 12.9. The van der Waals surface area contributed by atoms with Gasteiger partial charge in [0.15, 0.2) is 5.82 Å². The van der Waals surface area contributed by atoms with Gasteiger partial charge in [0, 0.05) is 18.0 Å². The van der Waals surface area contributed by atoms with E-state index in [1.54, 1.807) is 6.92 Å². The van der Waals surface area contributed by atoms with Gasteiger partial charge in [0.1, 0.15) is 4.90 Å². The van der Waals surface area contributed by atoms with Crippen LogP contribution < -0.4 is 10.5 Å². The minimum atomic E-state index is -4.09. The number of sulfonamides is 1. The van der Waals surface area contributed by atoms with E-state index in [0.29, 0.717) is 0 Å². The van der Waals surface area contributed by atoms with Crippen LogP contribution in [-0.4, -0.2) is 27.5 Å². The molecule has 1 aromatic carbocycles. The maximum Gasteiger partial charge on any atom is 0.305 e. The molecule has 9 heteroatoms. The number of halogens is 2. The van der Waals surface area contributed by atoms with Crippen molar-refractivity contribution in [3.8, 4) is 0 Å². The first-order valence-electron chi connectivity index (χ1n) is 6.17. The predicted octanol–water partition coefficient (Wildman–Crippen LogP) is 1.68. The second kappa shape index (κ2) is 7.58. The normalized spacial score (nSPS) is 11.4. The first kappa shape index (κ1) is 17.7. The molecule has 6 nitrogen and oxygen atoms in total. The number of benzene rings is 1. The van der Waals surface area contributed by atoms with Crippen LogP contribution in [0.15, 0.2) is 17.0 Å². The Kier molecular flexibility index (Phi) is 6.38. The summed E-state index contributed by atoms with van der Waals surface area (Å²) in [5.74, 6) is -1.48. The molecule has 0 fully saturated rings. The van der Waals surface area contributed by atoms with Crippen molar-refractivity contribution in [2.24, 2.45) is 0 Å². The summed E-state index contributed by atoms with van der Waals surface area (Å²) in [6, 6.07) is 2.09. The maximum absolute atomic E-state index is 13.7. The fourth-order valence-corrected chi connectivity index (χ4v) is 3.03. The van der Waals surface area contributed by atoms with Crippen molar-refractivity contribution in [3.05, 3.63) is 23.0 Å². The summed E-state index contributed by atoms with van der Waals surface area (Å²) >= 11 is 5.67. The molecule has 118 valence electrons. The van der Waals surface area contributed by atoms with Crippen molar-refractivity contribution in [3.63, 3.8) is 0 Å². The number of carbonyl (C=O) groups excluding carboxylic acids is 1. The molecule has 0 atom stereocenters. The lowest BCUT2D eigenvalue weighted by molar-refractivity contribution is -0.143. The van der Waals surface area contributed by atoms with Crippen LogP contribution in [-0.2, 0) is 19.6 Å². The van der Waals surface area contributed by atoms with Gasteiger partial charge >= 0.3 is 5.97 Å². The molecule has 0 spiro atoms. The van der Waals surface area contributed by atoms with E-state index in [1.165, 1.54) is 0 Å². The van der Waals surface area contributed by atoms with Crippen LogP contribution in [0.4, 0.5) is 10.1 Å². The van der Waals surface area contributed by atoms with E-state index in [9.17, 15) is 17.6 Å². The number of nitrogens with two attached hydrogens (primary N) is 1. The third-order valence-electron chi connectivity index (χ3n) is 2.48. The van der Waals surface area contributed by atoms with Crippen molar-refractivity contribution in [2.45, 2.75) is 24.7 Å². The fourth-order valence-electron chi connectivity index (χ4n) is 1.53. The fraction of sp³-hybridized carbons (Fsp3) is 0.417. The molecule has 1 aromatic rings. The molecule has 0 unspecified atom stereocenters. The second-order valence-corrected chi connectivity index (χ2v) is 6.29. The molecule has 0 saturated carbocycles. The zero-order valence-electron chi connectivity index (χ0n) is 11.4. The van der Waals surface area contributed by atoms with E-state index in [2.05, 4.69) is 4.72 Å². The maximum atomic E-state index is 13.7. The van der Waals surface area contributed by atoms with Crippen molar-refractivity contribution in [1.29, 1.82) is 0 Å². The van der Waals surface area contributed by atoms with E-state index in [0.717, 1.165) is 12.1 Å². The van der Waals surface area contributed by atoms with Crippen molar-refractivity contribution < 1.29 is 22.3 Å². The molecule has 0 heterocycles. The lowest BCUT2D eigenvalue weighted by atomic mass is 10.3. The number of carbonyl (C=O) groups is 1. The molecular weight excluding hydrogens is 323 g/mol. The van der Waals surface area contributed by atoms with Gasteiger partial charge in [0.05, 0.1) is 12.3 Å². The van der Waals surface area contributed by atoms with Gasteiger partial charge in [0.2, 0.25) is 10.0 Å². The summed E-state index contributed by atoms with van der Waals surface area (Å²) in [7, 11) is -4.09. The average molecular weight is 339 g/mol. The monoisotopic (exact) mass is 338 g/mol. The summed E-state index contributed by atoms with van der Waals surface area (Å²) in [5, 5.41) is 0.0146. The highest BCUT2D eigenvalue weighted by Crippen LogP contribution is 2.25. The third-order valence-corrected chi connectivity index (χ3v) is 4.16. The number of nitrogen functional groups attached to an aromatic ring is 1. The molecule has 0 aromatic heterocycles. The van der Waals surface area contributed by atoms with Gasteiger partial charge in [0.25, 0.3) is 0 Å². The predicted molar refractivity (Wildman–Crippen MR) is 76.9 cm³/mol. The van der Waals surface area contributed by atoms with Gasteiger partial charge in [-0.3, -0.25) is 4.79 Å². The van der Waals surface area contributed by atoms with Crippen molar-refractivity contribution >= 4 is 33.3 Å². The Morgan fingerprint density at radius 3 is 2.76 bits per heavy atom. The number of nitrogens with one attached hydrogen (secondary N) is 1. The minimum Gasteiger partial charge on any atom is -0.466 e. The van der Waals surface area contributed by atoms with Crippen LogP contribution in [0.2, 0.25) is 5.02 Å². The Morgan fingerprint density at radius 1 is 1.48 bits per heavy atom. The number of esters is 1. The Hall–Kier alpha value is -1.38. The smallest absolute Gasteiger partial charge is 0.305 e. The first-order chi connectivity index (χ1) is 9.77. The Labute approximate surface area is 127 Å². The summed E-state index contributed by atoms with van der Waals surface area (Å²) < 4.78 is 44.5. The standard InChI is InChI=1S/C12H16ClFN2O4S/c1-2-20-11(17)4-3-5-16-21(18,19)10-7-8(13)6-9(15)12(10)14/h6-7,16H,2-5,15H2,1H3. The van der Waals surface area contributed by atoms with E-state index in [1.807, 2.05) is 0 Å². The van der Waals surface area contributed by atoms with E-state index in [4.69, 9.17) is 22.1 Å². The van der Waals surface area contributed by atoms with Crippen LogP contribution in [0.5, 0.6) is 0 Å². The Balaban J connectivity index is 2.69. The summed E-state index contributed by atoms with van der Waals surface area (Å²) in [6.07, 6.45) is 0.298. The summed E-state index contributed by atoms with van der Waals surface area (Å²) in [5.41, 5.74) is 4.98. The van der Waals surface area contributed by atoms with Crippen molar-refractivity contribution in [1.82, 2.24) is 4.72 Å². The molecular formula is C12H16ClFN2O4S. The van der Waals surface area contributed by atoms with Crippen LogP contribution in [0.25, 0.3) is 0 Å². The van der Waals surface area contributed by atoms with Crippen LogP contribution >= 0.6 is 11.6 Å². The van der Waals surface area contributed by atoms with E-state index >= 15 is 0 Å². The minimum absolute atomic E-state index is 0.0146. The highest BCUT2D eigenvalue weighted by atomic mass is 35.5. The Morgan fingerprint density at radius 2 is 2.14 bits per heavy atom. The highest BCUT2D eigenvalue weighted by molar-refractivity contribution is 7.89. The molecule has 0 amide bonds. The molecule has 0 saturated heterocycles. The number of ether oxygens (including phenoxy) is 1. The van der Waals surface area contributed by atoms with Gasteiger partial charge < -0.3 is 10.5 Å². The van der Waals surface area contributed by atoms with Gasteiger partial charge in [-0.15, -0.1) is 0 Å². The van der Waals surface area contributed by atoms with Gasteiger partial charge in [-0.2, -0.15) is 0 Å². The molecule has 0 bridgehead atoms. The van der Waals surface area contributed by atoms with Gasteiger partial charge in [-0.1, -0.05) is 11.6 Å². The third kappa shape index (κ3) is 5.14. The topological polar surface area (TPSA) is 98.5 Å². The summed E-state index contributed by atoms with van der Waals surface area (Å²) in [6.45, 7) is 1.90. The molecule has 0 aliphatic heterocycles. The summed E-state index contributed by atoms with van der Waals surface area (Å²) in [4.78, 5) is 10.5. The lowest BCUT2D eigenvalue weighted by Gasteiger charge is -2.09. The number of hydrogen-bond donors (Lipinski definition) is 2. The van der Waals surface area contributed by atoms with E-state index < -0.39 is 26.7 Å². The second-order valence-electron chi connectivity index (χ2n) is 4.11. The van der Waals surface area contributed by atoms with Crippen LogP contribution in [0.3, 0.4) is 0 Å². The quantitative estimate of drug-likeness (QED) is 0.448. The molecule has 3 N–H and O–H groups in total. The number of rotatable bonds is 7. The average Bonchev–Trinajstić information content (AvgIpc) is 2.39. The molecule has 21 heavy (non-hydrogen) atoms. The van der Waals surface area contributed by atoms with E-state index in [-0.39, 0.29) is 36.7 Å². The zero-order chi connectivity index (χ0) is 16.0. The number of anilines is 1. The van der Waals surface area contributed by atoms with Gasteiger partial charge in [-0.25, -0.2) is 17.5 Å². The van der Waals surface area contributed by atoms with Gasteiger partial charge in [-0.05, 0) is 25.5 Å². The first-order valence-corrected chi connectivity index (χ1v) is 8.04. The van der Waals surface area contributed by atoms with Crippen LogP contribution in [0.1, 0.15) is 19.8 Å². The number of hydrogen-bond acceptors (Lipinski definition) is 5.